The molecule has 146 valence electrons. The maximum Gasteiger partial charge on any atom is 0.264 e. The van der Waals surface area contributed by atoms with Gasteiger partial charge < -0.3 is 20.4 Å². The zero-order chi connectivity index (χ0) is 19.4. The van der Waals surface area contributed by atoms with E-state index in [1.54, 1.807) is 0 Å². The fourth-order valence-electron chi connectivity index (χ4n) is 3.62. The number of H-pyrrole nitrogens is 1. The number of aryl methyl sites for hydroxylation is 1. The number of piperidine rings is 1. The van der Waals surface area contributed by atoms with Gasteiger partial charge in [-0.3, -0.25) is 4.79 Å². The van der Waals surface area contributed by atoms with E-state index < -0.39 is 5.60 Å². The summed E-state index contributed by atoms with van der Waals surface area (Å²) in [5.74, 6) is 1.56. The van der Waals surface area contributed by atoms with Gasteiger partial charge >= 0.3 is 0 Å². The standard InChI is InChI=1S/C22H26N4O2/c1-16-6-8-17(9-7-16)28-22(11-14-23-15-12-22)21(27)24-13-10-20-25-18-4-2-3-5-19(18)26-20/h2-9,23H,10-15H2,1H3,(H,24,27)(H,25,26). The normalized spacial score (nSPS) is 16.0. The molecular weight excluding hydrogens is 352 g/mol. The minimum Gasteiger partial charge on any atom is -0.477 e. The van der Waals surface area contributed by atoms with Crippen LogP contribution in [0.3, 0.4) is 0 Å². The predicted octanol–water partition coefficient (Wildman–Crippen LogP) is 2.73. The third-order valence-corrected chi connectivity index (χ3v) is 5.25. The average Bonchev–Trinajstić information content (AvgIpc) is 3.13. The molecule has 1 aliphatic heterocycles. The number of hydrogen-bond acceptors (Lipinski definition) is 4. The number of carbonyl (C=O) groups is 1. The van der Waals surface area contributed by atoms with Crippen molar-refractivity contribution in [3.8, 4) is 5.75 Å². The number of nitrogens with one attached hydrogen (secondary N) is 3. The highest BCUT2D eigenvalue weighted by atomic mass is 16.5. The van der Waals surface area contributed by atoms with E-state index in [9.17, 15) is 4.79 Å². The maximum atomic E-state index is 13.1. The van der Waals surface area contributed by atoms with E-state index in [1.807, 2.05) is 55.5 Å². The first kappa shape index (κ1) is 18.5. The monoisotopic (exact) mass is 378 g/mol. The largest absolute Gasteiger partial charge is 0.477 e. The zero-order valence-electron chi connectivity index (χ0n) is 16.1. The van der Waals surface area contributed by atoms with Crippen molar-refractivity contribution in [1.82, 2.24) is 20.6 Å². The van der Waals surface area contributed by atoms with Crippen molar-refractivity contribution in [2.75, 3.05) is 19.6 Å². The topological polar surface area (TPSA) is 79.0 Å². The molecule has 2 heterocycles. The number of fused-ring (bicyclic) bond motifs is 1. The number of carbonyl (C=O) groups excluding carboxylic acids is 1. The van der Waals surface area contributed by atoms with E-state index in [0.29, 0.717) is 25.8 Å². The molecular formula is C22H26N4O2. The molecule has 0 unspecified atom stereocenters. The maximum absolute atomic E-state index is 13.1. The lowest BCUT2D eigenvalue weighted by Crippen LogP contribution is -2.56. The number of nitrogens with zero attached hydrogens (tertiary/aromatic N) is 1. The minimum atomic E-state index is -0.825. The number of aromatic amines is 1. The average molecular weight is 378 g/mol. The smallest absolute Gasteiger partial charge is 0.264 e. The lowest BCUT2D eigenvalue weighted by atomic mass is 9.90. The van der Waals surface area contributed by atoms with E-state index in [4.69, 9.17) is 4.74 Å². The van der Waals surface area contributed by atoms with E-state index >= 15 is 0 Å². The molecule has 3 aromatic rings. The molecule has 0 bridgehead atoms. The Hall–Kier alpha value is -2.86. The lowest BCUT2D eigenvalue weighted by molar-refractivity contribution is -0.139. The fraction of sp³-hybridized carbons (Fsp3) is 0.364. The van der Waals surface area contributed by atoms with Gasteiger partial charge in [0.2, 0.25) is 0 Å². The highest BCUT2D eigenvalue weighted by Crippen LogP contribution is 2.27. The molecule has 1 aliphatic rings. The van der Waals surface area contributed by atoms with Crippen LogP contribution >= 0.6 is 0 Å². The van der Waals surface area contributed by atoms with Gasteiger partial charge in [-0.1, -0.05) is 29.8 Å². The van der Waals surface area contributed by atoms with Gasteiger partial charge in [-0.2, -0.15) is 0 Å². The Kier molecular flexibility index (Phi) is 5.30. The number of aromatic nitrogens is 2. The van der Waals surface area contributed by atoms with Crippen LogP contribution in [0.2, 0.25) is 0 Å². The molecule has 1 saturated heterocycles. The molecule has 0 radical (unpaired) electrons. The third-order valence-electron chi connectivity index (χ3n) is 5.25. The highest BCUT2D eigenvalue weighted by molar-refractivity contribution is 5.85. The van der Waals surface area contributed by atoms with Crippen LogP contribution in [0.4, 0.5) is 0 Å². The van der Waals surface area contributed by atoms with Crippen molar-refractivity contribution in [2.45, 2.75) is 31.8 Å². The van der Waals surface area contributed by atoms with Gasteiger partial charge in [0.05, 0.1) is 11.0 Å². The first-order chi connectivity index (χ1) is 13.6. The molecule has 6 heteroatoms. The molecule has 2 aromatic carbocycles. The lowest BCUT2D eigenvalue weighted by Gasteiger charge is -2.36. The molecule has 1 amide bonds. The summed E-state index contributed by atoms with van der Waals surface area (Å²) in [5, 5.41) is 6.38. The summed E-state index contributed by atoms with van der Waals surface area (Å²) >= 11 is 0. The SMILES string of the molecule is Cc1ccc(OC2(C(=O)NCCc3nc4ccccc4[nH]3)CCNCC2)cc1. The van der Waals surface area contributed by atoms with Crippen molar-refractivity contribution >= 4 is 16.9 Å². The number of amides is 1. The van der Waals surface area contributed by atoms with Crippen LogP contribution in [0.1, 0.15) is 24.2 Å². The minimum absolute atomic E-state index is 0.0503. The van der Waals surface area contributed by atoms with Gasteiger partial charge in [-0.15, -0.1) is 0 Å². The molecule has 4 rings (SSSR count). The molecule has 0 spiro atoms. The summed E-state index contributed by atoms with van der Waals surface area (Å²) < 4.78 is 6.24. The van der Waals surface area contributed by atoms with Gasteiger partial charge in [0, 0.05) is 25.8 Å². The molecule has 0 atom stereocenters. The van der Waals surface area contributed by atoms with Gasteiger partial charge in [-0.25, -0.2) is 4.98 Å². The van der Waals surface area contributed by atoms with E-state index in [-0.39, 0.29) is 5.91 Å². The van der Waals surface area contributed by atoms with Crippen LogP contribution in [-0.2, 0) is 11.2 Å². The van der Waals surface area contributed by atoms with Crippen LogP contribution in [0.15, 0.2) is 48.5 Å². The Morgan fingerprint density at radius 1 is 1.14 bits per heavy atom. The molecule has 28 heavy (non-hydrogen) atoms. The Bertz CT molecular complexity index is 910. The Balaban J connectivity index is 1.41. The second-order valence-corrected chi connectivity index (χ2v) is 7.37. The van der Waals surface area contributed by atoms with Crippen LogP contribution in [0, 0.1) is 6.92 Å². The Labute approximate surface area is 164 Å². The zero-order valence-corrected chi connectivity index (χ0v) is 16.1. The highest BCUT2D eigenvalue weighted by Gasteiger charge is 2.41. The summed E-state index contributed by atoms with van der Waals surface area (Å²) in [4.78, 5) is 20.9. The van der Waals surface area contributed by atoms with Gasteiger partial charge in [-0.05, 0) is 44.3 Å². The summed E-state index contributed by atoms with van der Waals surface area (Å²) in [5.41, 5.74) is 2.30. The number of para-hydroxylation sites is 2. The first-order valence-corrected chi connectivity index (χ1v) is 9.83. The third kappa shape index (κ3) is 4.02. The Morgan fingerprint density at radius 2 is 1.89 bits per heavy atom. The molecule has 0 aliphatic carbocycles. The second-order valence-electron chi connectivity index (χ2n) is 7.37. The van der Waals surface area contributed by atoms with Crippen LogP contribution in [-0.4, -0.2) is 41.1 Å². The number of benzene rings is 2. The van der Waals surface area contributed by atoms with Gasteiger partial charge in [0.15, 0.2) is 5.60 Å². The molecule has 1 aromatic heterocycles. The molecule has 0 saturated carbocycles. The van der Waals surface area contributed by atoms with E-state index in [2.05, 4.69) is 20.6 Å². The fourth-order valence-corrected chi connectivity index (χ4v) is 3.62. The number of ether oxygens (including phenoxy) is 1. The van der Waals surface area contributed by atoms with Crippen molar-refractivity contribution in [3.63, 3.8) is 0 Å². The van der Waals surface area contributed by atoms with Crippen molar-refractivity contribution in [1.29, 1.82) is 0 Å². The predicted molar refractivity (Wildman–Crippen MR) is 109 cm³/mol. The first-order valence-electron chi connectivity index (χ1n) is 9.83. The number of imidazole rings is 1. The molecule has 6 nitrogen and oxygen atoms in total. The summed E-state index contributed by atoms with van der Waals surface area (Å²) in [7, 11) is 0. The quantitative estimate of drug-likeness (QED) is 0.616. The Morgan fingerprint density at radius 3 is 2.64 bits per heavy atom. The van der Waals surface area contributed by atoms with Gasteiger partial charge in [0.25, 0.3) is 5.91 Å². The van der Waals surface area contributed by atoms with Crippen LogP contribution in [0.25, 0.3) is 11.0 Å². The molecule has 1 fully saturated rings. The summed E-state index contributed by atoms with van der Waals surface area (Å²) in [6, 6.07) is 15.8. The van der Waals surface area contributed by atoms with Crippen LogP contribution in [0.5, 0.6) is 5.75 Å². The van der Waals surface area contributed by atoms with Crippen molar-refractivity contribution in [2.24, 2.45) is 0 Å². The molecule has 3 N–H and O–H groups in total. The summed E-state index contributed by atoms with van der Waals surface area (Å²) in [6.07, 6.45) is 1.95. The van der Waals surface area contributed by atoms with E-state index in [1.165, 1.54) is 5.56 Å². The second kappa shape index (κ2) is 8.02. The number of rotatable bonds is 6. The van der Waals surface area contributed by atoms with Crippen molar-refractivity contribution in [3.05, 3.63) is 59.9 Å². The number of hydrogen-bond donors (Lipinski definition) is 3. The van der Waals surface area contributed by atoms with E-state index in [0.717, 1.165) is 35.7 Å². The van der Waals surface area contributed by atoms with Crippen LogP contribution < -0.4 is 15.4 Å². The summed E-state index contributed by atoms with van der Waals surface area (Å²) in [6.45, 7) is 4.09. The van der Waals surface area contributed by atoms with Gasteiger partial charge in [0.1, 0.15) is 11.6 Å². The van der Waals surface area contributed by atoms with Crippen molar-refractivity contribution < 1.29 is 9.53 Å².